The monoisotopic (exact) mass is 255 g/mol. The first kappa shape index (κ1) is 14.4. The van der Waals surface area contributed by atoms with Gasteiger partial charge in [-0.15, -0.1) is 0 Å². The Hall–Kier alpha value is -1.66. The predicted molar refractivity (Wildman–Crippen MR) is 64.1 cm³/mol. The van der Waals surface area contributed by atoms with Gasteiger partial charge >= 0.3 is 5.97 Å². The average Bonchev–Trinajstić information content (AvgIpc) is 2.33. The number of hydrogen-bond acceptors (Lipinski definition) is 5. The van der Waals surface area contributed by atoms with Gasteiger partial charge in [0.1, 0.15) is 6.61 Å². The van der Waals surface area contributed by atoms with E-state index in [1.165, 1.54) is 12.1 Å². The summed E-state index contributed by atoms with van der Waals surface area (Å²) in [6, 6.07) is 2.88. The zero-order valence-electron chi connectivity index (χ0n) is 10.5. The second-order valence-corrected chi connectivity index (χ2v) is 3.59. The number of pyridine rings is 1. The molecule has 1 aromatic rings. The van der Waals surface area contributed by atoms with Crippen molar-refractivity contribution in [3.63, 3.8) is 0 Å². The Morgan fingerprint density at radius 2 is 2.00 bits per heavy atom. The number of carbonyl (C=O) groups is 1. The summed E-state index contributed by atoms with van der Waals surface area (Å²) in [5, 5.41) is 8.88. The van der Waals surface area contributed by atoms with E-state index < -0.39 is 5.97 Å². The summed E-state index contributed by atoms with van der Waals surface area (Å²) in [6.45, 7) is 3.47. The first-order valence-corrected chi connectivity index (χ1v) is 5.55. The van der Waals surface area contributed by atoms with Crippen LogP contribution in [0.15, 0.2) is 12.1 Å². The Labute approximate surface area is 106 Å². The number of hydrogen-bond donors (Lipinski definition) is 1. The van der Waals surface area contributed by atoms with Crippen LogP contribution in [0.1, 0.15) is 16.1 Å². The molecule has 6 nitrogen and oxygen atoms in total. The molecule has 6 heteroatoms. The van der Waals surface area contributed by atoms with Crippen molar-refractivity contribution in [2.75, 3.05) is 33.5 Å². The van der Waals surface area contributed by atoms with E-state index in [1.54, 1.807) is 14.0 Å². The normalized spacial score (nSPS) is 10.3. The molecule has 1 rings (SSSR count). The molecule has 1 heterocycles. The van der Waals surface area contributed by atoms with E-state index in [0.29, 0.717) is 38.0 Å². The summed E-state index contributed by atoms with van der Waals surface area (Å²) >= 11 is 0. The lowest BCUT2D eigenvalue weighted by atomic mass is 10.2. The molecule has 0 radical (unpaired) electrons. The van der Waals surface area contributed by atoms with Crippen molar-refractivity contribution >= 4 is 5.97 Å². The SMILES string of the molecule is COCCOCCOc1cc(C(=O)O)cc(C)n1. The maximum atomic E-state index is 10.8. The van der Waals surface area contributed by atoms with Crippen molar-refractivity contribution in [2.24, 2.45) is 0 Å². The van der Waals surface area contributed by atoms with Gasteiger partial charge in [0.2, 0.25) is 5.88 Å². The molecule has 1 aromatic heterocycles. The van der Waals surface area contributed by atoms with Crippen LogP contribution in [-0.2, 0) is 9.47 Å². The maximum absolute atomic E-state index is 10.8. The van der Waals surface area contributed by atoms with Gasteiger partial charge in [-0.1, -0.05) is 0 Å². The molecular weight excluding hydrogens is 238 g/mol. The molecule has 0 atom stereocenters. The molecule has 100 valence electrons. The van der Waals surface area contributed by atoms with Crippen LogP contribution in [0.25, 0.3) is 0 Å². The number of carboxylic acids is 1. The highest BCUT2D eigenvalue weighted by Crippen LogP contribution is 2.12. The summed E-state index contributed by atoms with van der Waals surface area (Å²) in [5.41, 5.74) is 0.767. The third kappa shape index (κ3) is 5.11. The highest BCUT2D eigenvalue weighted by molar-refractivity contribution is 5.87. The van der Waals surface area contributed by atoms with Crippen molar-refractivity contribution in [3.05, 3.63) is 23.4 Å². The van der Waals surface area contributed by atoms with Crippen LogP contribution in [0.3, 0.4) is 0 Å². The molecule has 0 saturated carbocycles. The molecule has 0 aliphatic heterocycles. The molecule has 1 N–H and O–H groups in total. The highest BCUT2D eigenvalue weighted by atomic mass is 16.5. The van der Waals surface area contributed by atoms with Gasteiger partial charge in [0, 0.05) is 18.9 Å². The van der Waals surface area contributed by atoms with E-state index in [2.05, 4.69) is 4.98 Å². The minimum Gasteiger partial charge on any atom is -0.478 e. The minimum atomic E-state index is -0.998. The van der Waals surface area contributed by atoms with E-state index in [1.807, 2.05) is 0 Å². The zero-order valence-corrected chi connectivity index (χ0v) is 10.5. The summed E-state index contributed by atoms with van der Waals surface area (Å²) in [6.07, 6.45) is 0. The van der Waals surface area contributed by atoms with Crippen LogP contribution in [0.4, 0.5) is 0 Å². The fourth-order valence-corrected chi connectivity index (χ4v) is 1.28. The Balaban J connectivity index is 2.40. The van der Waals surface area contributed by atoms with Crippen LogP contribution >= 0.6 is 0 Å². The molecule has 0 saturated heterocycles. The molecule has 0 aromatic carbocycles. The third-order valence-electron chi connectivity index (χ3n) is 2.09. The van der Waals surface area contributed by atoms with E-state index in [4.69, 9.17) is 19.3 Å². The van der Waals surface area contributed by atoms with E-state index in [9.17, 15) is 4.79 Å². The van der Waals surface area contributed by atoms with Gasteiger partial charge in [-0.25, -0.2) is 9.78 Å². The van der Waals surface area contributed by atoms with Crippen molar-refractivity contribution in [1.82, 2.24) is 4.98 Å². The number of aromatic carboxylic acids is 1. The Kier molecular flexibility index (Phi) is 6.10. The van der Waals surface area contributed by atoms with Crippen molar-refractivity contribution in [2.45, 2.75) is 6.92 Å². The number of methoxy groups -OCH3 is 1. The number of carboxylic acid groups (broad SMARTS) is 1. The van der Waals surface area contributed by atoms with E-state index in [0.717, 1.165) is 0 Å². The number of aromatic nitrogens is 1. The van der Waals surface area contributed by atoms with Gasteiger partial charge < -0.3 is 19.3 Å². The fraction of sp³-hybridized carbons (Fsp3) is 0.500. The maximum Gasteiger partial charge on any atom is 0.335 e. The molecule has 0 amide bonds. The highest BCUT2D eigenvalue weighted by Gasteiger charge is 2.07. The molecule has 0 fully saturated rings. The Morgan fingerprint density at radius 3 is 2.67 bits per heavy atom. The number of rotatable bonds is 8. The molecule has 0 aliphatic rings. The summed E-state index contributed by atoms with van der Waals surface area (Å²) in [4.78, 5) is 14.9. The lowest BCUT2D eigenvalue weighted by molar-refractivity contribution is 0.0535. The largest absolute Gasteiger partial charge is 0.478 e. The number of ether oxygens (including phenoxy) is 3. The molecular formula is C12H17NO5. The van der Waals surface area contributed by atoms with Crippen molar-refractivity contribution in [3.8, 4) is 5.88 Å². The van der Waals surface area contributed by atoms with Gasteiger partial charge in [0.15, 0.2) is 0 Å². The minimum absolute atomic E-state index is 0.165. The van der Waals surface area contributed by atoms with Gasteiger partial charge in [-0.05, 0) is 13.0 Å². The van der Waals surface area contributed by atoms with E-state index in [-0.39, 0.29) is 5.56 Å². The van der Waals surface area contributed by atoms with Gasteiger partial charge in [0.05, 0.1) is 25.4 Å². The fourth-order valence-electron chi connectivity index (χ4n) is 1.28. The lowest BCUT2D eigenvalue weighted by Gasteiger charge is -2.07. The van der Waals surface area contributed by atoms with Crippen LogP contribution < -0.4 is 4.74 Å². The topological polar surface area (TPSA) is 77.9 Å². The van der Waals surface area contributed by atoms with Gasteiger partial charge in [-0.3, -0.25) is 0 Å². The molecule has 0 aliphatic carbocycles. The van der Waals surface area contributed by atoms with Crippen LogP contribution in [-0.4, -0.2) is 49.6 Å². The Bertz CT molecular complexity index is 394. The predicted octanol–water partition coefficient (Wildman–Crippen LogP) is 1.13. The standard InChI is InChI=1S/C12H17NO5/c1-9-7-10(12(14)15)8-11(13-9)18-6-5-17-4-3-16-2/h7-8H,3-6H2,1-2H3,(H,14,15). The third-order valence-corrected chi connectivity index (χ3v) is 2.09. The zero-order chi connectivity index (χ0) is 13.4. The number of aryl methyl sites for hydroxylation is 1. The molecule has 0 unspecified atom stereocenters. The second kappa shape index (κ2) is 7.62. The molecule has 0 spiro atoms. The summed E-state index contributed by atoms with van der Waals surface area (Å²) in [5.74, 6) is -0.704. The smallest absolute Gasteiger partial charge is 0.335 e. The first-order valence-electron chi connectivity index (χ1n) is 5.55. The van der Waals surface area contributed by atoms with Crippen LogP contribution in [0.2, 0.25) is 0 Å². The first-order chi connectivity index (χ1) is 8.63. The number of nitrogens with zero attached hydrogens (tertiary/aromatic N) is 1. The van der Waals surface area contributed by atoms with Gasteiger partial charge in [-0.2, -0.15) is 0 Å². The average molecular weight is 255 g/mol. The molecule has 18 heavy (non-hydrogen) atoms. The Morgan fingerprint density at radius 1 is 1.28 bits per heavy atom. The molecule has 0 bridgehead atoms. The lowest BCUT2D eigenvalue weighted by Crippen LogP contribution is -2.11. The van der Waals surface area contributed by atoms with Crippen LogP contribution in [0, 0.1) is 6.92 Å². The van der Waals surface area contributed by atoms with Crippen molar-refractivity contribution < 1.29 is 24.1 Å². The van der Waals surface area contributed by atoms with Crippen molar-refractivity contribution in [1.29, 1.82) is 0 Å². The quantitative estimate of drug-likeness (QED) is 0.702. The second-order valence-electron chi connectivity index (χ2n) is 3.59. The van der Waals surface area contributed by atoms with Gasteiger partial charge in [0.25, 0.3) is 0 Å². The van der Waals surface area contributed by atoms with Crippen LogP contribution in [0.5, 0.6) is 5.88 Å². The summed E-state index contributed by atoms with van der Waals surface area (Å²) in [7, 11) is 1.60. The summed E-state index contributed by atoms with van der Waals surface area (Å²) < 4.78 is 15.3. The van der Waals surface area contributed by atoms with E-state index >= 15 is 0 Å².